The minimum Gasteiger partial charge on any atom is -0.372 e. The first-order valence-electron chi connectivity index (χ1n) is 14.5. The Kier molecular flexibility index (Phi) is 18.9. The number of aliphatic hydroxyl groups excluding tert-OH is 1. The lowest BCUT2D eigenvalue weighted by atomic mass is 10.1. The molecule has 0 radical (unpaired) electrons. The molecule has 0 aliphatic heterocycles. The molecule has 0 aromatic carbocycles. The van der Waals surface area contributed by atoms with E-state index in [2.05, 4.69) is 24.5 Å². The van der Waals surface area contributed by atoms with E-state index < -0.39 is 23.8 Å². The molecule has 3 atom stereocenters. The molecule has 1 aliphatic rings. The van der Waals surface area contributed by atoms with Gasteiger partial charge in [-0.25, -0.2) is 8.78 Å². The molecule has 0 saturated heterocycles. The summed E-state index contributed by atoms with van der Waals surface area (Å²) in [4.78, 5) is 12.3. The van der Waals surface area contributed by atoms with Crippen molar-refractivity contribution < 1.29 is 18.7 Å². The van der Waals surface area contributed by atoms with Gasteiger partial charge in [-0.3, -0.25) is 10.1 Å². The van der Waals surface area contributed by atoms with Crippen molar-refractivity contribution >= 4 is 5.91 Å². The van der Waals surface area contributed by atoms with E-state index in [1.54, 1.807) is 0 Å². The highest BCUT2D eigenvalue weighted by molar-refractivity contribution is 5.91. The van der Waals surface area contributed by atoms with E-state index in [4.69, 9.17) is 0 Å². The zero-order valence-electron chi connectivity index (χ0n) is 22.4. The molecule has 0 bridgehead atoms. The van der Waals surface area contributed by atoms with Crippen molar-refractivity contribution in [1.82, 2.24) is 10.6 Å². The summed E-state index contributed by atoms with van der Waals surface area (Å²) in [6.07, 6.45) is 21.1. The second-order valence-corrected chi connectivity index (χ2v) is 10.1. The quantitative estimate of drug-likeness (QED) is 0.0855. The Balaban J connectivity index is 2.29. The monoisotopic (exact) mass is 498 g/mol. The topological polar surface area (TPSA) is 61.4 Å². The molecule has 0 spiro atoms. The van der Waals surface area contributed by atoms with Crippen LogP contribution in [0.2, 0.25) is 0 Å². The van der Waals surface area contributed by atoms with Gasteiger partial charge in [0.15, 0.2) is 12.1 Å². The first-order valence-corrected chi connectivity index (χ1v) is 14.5. The van der Waals surface area contributed by atoms with Gasteiger partial charge >= 0.3 is 0 Å². The molecule has 1 rings (SSSR count). The first kappa shape index (κ1) is 31.8. The van der Waals surface area contributed by atoms with E-state index in [1.807, 2.05) is 0 Å². The molecule has 1 aliphatic carbocycles. The molecule has 4 nitrogen and oxygen atoms in total. The zero-order chi connectivity index (χ0) is 25.7. The normalized spacial score (nSPS) is 19.8. The molecule has 0 aromatic heterocycles. The third-order valence-corrected chi connectivity index (χ3v) is 6.96. The van der Waals surface area contributed by atoms with Crippen LogP contribution in [-0.4, -0.2) is 29.3 Å². The summed E-state index contributed by atoms with van der Waals surface area (Å²) in [7, 11) is 0. The summed E-state index contributed by atoms with van der Waals surface area (Å²) < 4.78 is 28.6. The van der Waals surface area contributed by atoms with E-state index in [0.717, 1.165) is 38.5 Å². The van der Waals surface area contributed by atoms with E-state index in [1.165, 1.54) is 69.9 Å². The van der Waals surface area contributed by atoms with Crippen molar-refractivity contribution in [3.05, 3.63) is 23.8 Å². The van der Waals surface area contributed by atoms with Crippen LogP contribution < -0.4 is 10.6 Å². The summed E-state index contributed by atoms with van der Waals surface area (Å²) in [5.41, 5.74) is 0. The number of carbonyl (C=O) groups excluding carboxylic acids is 1. The van der Waals surface area contributed by atoms with Crippen molar-refractivity contribution in [2.75, 3.05) is 0 Å². The molecule has 3 unspecified atom stereocenters. The second kappa shape index (κ2) is 20.9. The average molecular weight is 499 g/mol. The number of hydrogen-bond donors (Lipinski definition) is 3. The fourth-order valence-corrected chi connectivity index (χ4v) is 4.73. The maximum atomic E-state index is 14.3. The van der Waals surface area contributed by atoms with Crippen LogP contribution in [0.1, 0.15) is 136 Å². The maximum Gasteiger partial charge on any atom is 0.279 e. The van der Waals surface area contributed by atoms with Crippen LogP contribution >= 0.6 is 0 Å². The van der Waals surface area contributed by atoms with Crippen LogP contribution in [-0.2, 0) is 4.79 Å². The van der Waals surface area contributed by atoms with Crippen molar-refractivity contribution in [3.63, 3.8) is 0 Å². The lowest BCUT2D eigenvalue weighted by molar-refractivity contribution is -0.119. The van der Waals surface area contributed by atoms with Crippen LogP contribution in [0.4, 0.5) is 8.78 Å². The number of nitrogens with one attached hydrogen (secondary N) is 2. The molecular weight excluding hydrogens is 446 g/mol. The van der Waals surface area contributed by atoms with Gasteiger partial charge < -0.3 is 10.4 Å². The fourth-order valence-electron chi connectivity index (χ4n) is 4.73. The molecule has 0 heterocycles. The predicted octanol–water partition coefficient (Wildman–Crippen LogP) is 7.92. The van der Waals surface area contributed by atoms with Gasteiger partial charge in [0.2, 0.25) is 0 Å². The summed E-state index contributed by atoms with van der Waals surface area (Å²) in [5.74, 6) is -2.03. The van der Waals surface area contributed by atoms with Gasteiger partial charge in [-0.2, -0.15) is 0 Å². The molecule has 6 heteroatoms. The Morgan fingerprint density at radius 3 is 1.86 bits per heavy atom. The van der Waals surface area contributed by atoms with Gasteiger partial charge in [0.05, 0.1) is 0 Å². The zero-order valence-corrected chi connectivity index (χ0v) is 22.4. The Morgan fingerprint density at radius 1 is 0.800 bits per heavy atom. The first-order chi connectivity index (χ1) is 17.0. The summed E-state index contributed by atoms with van der Waals surface area (Å²) in [6.45, 7) is 4.39. The molecule has 1 saturated carbocycles. The van der Waals surface area contributed by atoms with Gasteiger partial charge in [-0.05, 0) is 57.1 Å². The van der Waals surface area contributed by atoms with Crippen molar-refractivity contribution in [3.8, 4) is 0 Å². The lowest BCUT2D eigenvalue weighted by Gasteiger charge is -2.24. The fraction of sp³-hybridized carbons (Fsp3) is 0.828. The Labute approximate surface area is 213 Å². The van der Waals surface area contributed by atoms with Gasteiger partial charge in [-0.1, -0.05) is 90.9 Å². The van der Waals surface area contributed by atoms with Gasteiger partial charge in [0.25, 0.3) is 5.91 Å². The molecule has 204 valence electrons. The van der Waals surface area contributed by atoms with Gasteiger partial charge in [0, 0.05) is 12.1 Å². The third-order valence-electron chi connectivity index (χ3n) is 6.96. The van der Waals surface area contributed by atoms with Crippen molar-refractivity contribution in [1.29, 1.82) is 0 Å². The van der Waals surface area contributed by atoms with Crippen molar-refractivity contribution in [2.24, 2.45) is 0 Å². The summed E-state index contributed by atoms with van der Waals surface area (Å²) in [6, 6.07) is -0.589. The number of hydrogen-bond acceptors (Lipinski definition) is 3. The van der Waals surface area contributed by atoms with Crippen LogP contribution in [0.25, 0.3) is 0 Å². The third kappa shape index (κ3) is 15.4. The Bertz CT molecular complexity index is 609. The minimum absolute atomic E-state index is 0.275. The van der Waals surface area contributed by atoms with E-state index in [9.17, 15) is 18.7 Å². The number of aliphatic hydroxyl groups is 1. The van der Waals surface area contributed by atoms with E-state index in [0.29, 0.717) is 25.7 Å². The second-order valence-electron chi connectivity index (χ2n) is 10.1. The van der Waals surface area contributed by atoms with Crippen LogP contribution in [0, 0.1) is 0 Å². The molecule has 1 fully saturated rings. The standard InChI is InChI=1S/C29H52F2N2O2/c1-3-5-7-9-11-13-15-17-20-24(30)28(34)32-26-22-19-23-27(26)33-29(35)25(31)21-18-16-14-12-10-8-6-4-2/h20-21,26-28,32,34H,3-19,22-23H2,1-2H3,(H,33,35). The number of unbranched alkanes of at least 4 members (excludes halogenated alkanes) is 14. The van der Waals surface area contributed by atoms with Crippen LogP contribution in [0.15, 0.2) is 23.8 Å². The van der Waals surface area contributed by atoms with Gasteiger partial charge in [0.1, 0.15) is 5.83 Å². The Hall–Kier alpha value is -1.27. The SMILES string of the molecule is CCCCCCCCCC=C(F)C(=O)NC1CCCC1NC(O)C(F)=CCCCCCCCCC. The number of amides is 1. The van der Waals surface area contributed by atoms with E-state index >= 15 is 0 Å². The number of halogens is 2. The highest BCUT2D eigenvalue weighted by atomic mass is 19.1. The summed E-state index contributed by atoms with van der Waals surface area (Å²) >= 11 is 0. The number of allylic oxidation sites excluding steroid dienone is 2. The van der Waals surface area contributed by atoms with Crippen molar-refractivity contribution in [2.45, 2.75) is 154 Å². The maximum absolute atomic E-state index is 14.3. The minimum atomic E-state index is -1.39. The highest BCUT2D eigenvalue weighted by Gasteiger charge is 2.31. The number of carbonyl (C=O) groups is 1. The van der Waals surface area contributed by atoms with E-state index in [-0.39, 0.29) is 12.1 Å². The van der Waals surface area contributed by atoms with Crippen LogP contribution in [0.5, 0.6) is 0 Å². The summed E-state index contributed by atoms with van der Waals surface area (Å²) in [5, 5.41) is 15.8. The van der Waals surface area contributed by atoms with Gasteiger partial charge in [-0.15, -0.1) is 0 Å². The molecule has 35 heavy (non-hydrogen) atoms. The molecule has 3 N–H and O–H groups in total. The smallest absolute Gasteiger partial charge is 0.279 e. The average Bonchev–Trinajstić information content (AvgIpc) is 3.28. The molecule has 0 aromatic rings. The number of rotatable bonds is 21. The molecular formula is C29H52F2N2O2. The molecule has 1 amide bonds. The lowest BCUT2D eigenvalue weighted by Crippen LogP contribution is -2.50. The highest BCUT2D eigenvalue weighted by Crippen LogP contribution is 2.21. The predicted molar refractivity (Wildman–Crippen MR) is 142 cm³/mol. The Morgan fingerprint density at radius 2 is 1.29 bits per heavy atom. The van der Waals surface area contributed by atoms with Crippen LogP contribution in [0.3, 0.4) is 0 Å². The largest absolute Gasteiger partial charge is 0.372 e.